The van der Waals surface area contributed by atoms with E-state index in [0.717, 1.165) is 0 Å². The van der Waals surface area contributed by atoms with E-state index in [0.29, 0.717) is 25.7 Å². The lowest BCUT2D eigenvalue weighted by molar-refractivity contribution is -0.275. The molecule has 18 atom stereocenters. The van der Waals surface area contributed by atoms with Gasteiger partial charge in [-0.1, -0.05) is 34.6 Å². The van der Waals surface area contributed by atoms with Crippen molar-refractivity contribution in [2.24, 2.45) is 35.5 Å². The summed E-state index contributed by atoms with van der Waals surface area (Å²) in [5.41, 5.74) is 0. The molecule has 1 saturated carbocycles. The highest BCUT2D eigenvalue weighted by Crippen LogP contribution is 2.49. The molecule has 0 radical (unpaired) electrons. The third-order valence-corrected chi connectivity index (χ3v) is 21.2. The van der Waals surface area contributed by atoms with Crippen molar-refractivity contribution >= 4 is 67.8 Å². The number of hydrogen-bond donors (Lipinski definition) is 9. The molecule has 0 aromatic heterocycles. The van der Waals surface area contributed by atoms with Crippen molar-refractivity contribution in [2.45, 2.75) is 246 Å². The van der Waals surface area contributed by atoms with Crippen molar-refractivity contribution in [3.8, 4) is 6.07 Å². The Labute approximate surface area is 630 Å². The first-order valence-electron chi connectivity index (χ1n) is 37.4. The van der Waals surface area contributed by atoms with Gasteiger partial charge in [0, 0.05) is 103 Å². The predicted octanol–water partition coefficient (Wildman–Crippen LogP) is 1.59. The molecule has 0 bridgehead atoms. The Morgan fingerprint density at radius 1 is 0.542 bits per heavy atom. The summed E-state index contributed by atoms with van der Waals surface area (Å²) < 4.78 is 84.0. The van der Waals surface area contributed by atoms with Crippen molar-refractivity contribution in [1.82, 2.24) is 41.9 Å². The van der Waals surface area contributed by atoms with Crippen LogP contribution in [0, 0.1) is 46.8 Å². The fourth-order valence-corrected chi connectivity index (χ4v) is 14.6. The van der Waals surface area contributed by atoms with Crippen LogP contribution in [0.4, 0.5) is 0 Å². The predicted molar refractivity (Wildman–Crippen MR) is 383 cm³/mol. The third-order valence-electron chi connectivity index (χ3n) is 19.0. The molecule has 36 heteroatoms. The van der Waals surface area contributed by atoms with Gasteiger partial charge in [0.1, 0.15) is 43.5 Å². The van der Waals surface area contributed by atoms with E-state index in [4.69, 9.17) is 65.9 Å². The number of hydrogen-bond acceptors (Lipinski definition) is 28. The number of amides is 7. The molecule has 9 N–H and O–H groups in total. The average Bonchev–Trinajstić information content (AvgIpc) is 0.820. The van der Waals surface area contributed by atoms with Gasteiger partial charge in [0.2, 0.25) is 41.4 Å². The number of aliphatic hydroxyl groups is 2. The second-order valence-electron chi connectivity index (χ2n) is 28.0. The fourth-order valence-electron chi connectivity index (χ4n) is 12.8. The topological polar surface area (TPSA) is 452 Å². The molecule has 612 valence electrons. The van der Waals surface area contributed by atoms with E-state index in [1.54, 1.807) is 6.92 Å². The van der Waals surface area contributed by atoms with Gasteiger partial charge >= 0.3 is 17.9 Å². The van der Waals surface area contributed by atoms with Crippen LogP contribution in [-0.4, -0.2) is 271 Å². The SMILES string of the molecule is CC(=O)N[C@H]1C(OCCOCCNC(=O)C(CCC(=O)NC(CCC(=O)NCCOCCOC2O[C@H](CO)[C@H](C)[C@H](O)[C@H]2NC(C)=O)C(=O)NCCOCCOC2O[C@H](COC(C)=O)[C@H](OC(C)=O)[C@H](C)C2C)NC(=O)C2CCC(OP(OCCC#N)N(C(C)C)C(C)C)CC2)O[C@H](COC(C)=O)[C@H](C)[C@@H]1C. The first-order valence-corrected chi connectivity index (χ1v) is 38.5. The number of nitrogens with one attached hydrogen (secondary N) is 7. The Morgan fingerprint density at radius 2 is 1.03 bits per heavy atom. The zero-order valence-electron chi connectivity index (χ0n) is 64.8. The van der Waals surface area contributed by atoms with Crippen molar-refractivity contribution in [3.05, 3.63) is 0 Å². The van der Waals surface area contributed by atoms with Gasteiger partial charge in [-0.3, -0.25) is 47.9 Å². The van der Waals surface area contributed by atoms with E-state index < -0.39 is 147 Å². The first-order chi connectivity index (χ1) is 50.9. The van der Waals surface area contributed by atoms with Crippen LogP contribution in [0.5, 0.6) is 0 Å². The monoisotopic (exact) mass is 1550 g/mol. The van der Waals surface area contributed by atoms with Crippen LogP contribution in [0.1, 0.15) is 155 Å². The Kier molecular flexibility index (Phi) is 43.7. The summed E-state index contributed by atoms with van der Waals surface area (Å²) in [6, 6.07) is -1.71. The van der Waals surface area contributed by atoms with Crippen LogP contribution in [0.15, 0.2) is 0 Å². The summed E-state index contributed by atoms with van der Waals surface area (Å²) in [5.74, 6) is -6.85. The molecular weight excluding hydrogens is 1430 g/mol. The van der Waals surface area contributed by atoms with Gasteiger partial charge in [0.25, 0.3) is 8.53 Å². The van der Waals surface area contributed by atoms with Crippen LogP contribution in [0.3, 0.4) is 0 Å². The third kappa shape index (κ3) is 33.7. The van der Waals surface area contributed by atoms with Gasteiger partial charge in [-0.25, -0.2) is 4.67 Å². The number of rotatable bonds is 48. The summed E-state index contributed by atoms with van der Waals surface area (Å²) in [5, 5.41) is 49.3. The van der Waals surface area contributed by atoms with E-state index in [2.05, 4.69) is 48.0 Å². The van der Waals surface area contributed by atoms with Crippen molar-refractivity contribution < 1.29 is 124 Å². The molecule has 1 aliphatic carbocycles. The molecule has 7 amide bonds. The van der Waals surface area contributed by atoms with Gasteiger partial charge < -0.3 is 113 Å². The highest BCUT2D eigenvalue weighted by Gasteiger charge is 2.47. The second-order valence-corrected chi connectivity index (χ2v) is 29.4. The Hall–Kier alpha value is -5.94. The average molecular weight is 1550 g/mol. The first kappa shape index (κ1) is 93.4. The van der Waals surface area contributed by atoms with Crippen LogP contribution in [0.25, 0.3) is 0 Å². The molecule has 0 spiro atoms. The number of ether oxygens (including phenoxy) is 12. The number of aliphatic hydroxyl groups excluding tert-OH is 2. The van der Waals surface area contributed by atoms with Crippen LogP contribution in [-0.2, 0) is 114 Å². The largest absolute Gasteiger partial charge is 0.463 e. The van der Waals surface area contributed by atoms with Crippen LogP contribution < -0.4 is 37.2 Å². The molecule has 35 nitrogen and oxygen atoms in total. The Morgan fingerprint density at radius 3 is 1.54 bits per heavy atom. The normalized spacial score (nSPS) is 27.4. The van der Waals surface area contributed by atoms with E-state index in [1.807, 2.05) is 55.4 Å². The quantitative estimate of drug-likeness (QED) is 0.0181. The second kappa shape index (κ2) is 50.1. The summed E-state index contributed by atoms with van der Waals surface area (Å²) in [6.07, 6.45) is -5.83. The van der Waals surface area contributed by atoms with E-state index in [-0.39, 0.29) is 185 Å². The molecule has 0 aromatic rings. The van der Waals surface area contributed by atoms with Gasteiger partial charge in [0.05, 0.1) is 116 Å². The standard InChI is InChI=1S/C71H122N9O26P/c1-41(2)80(42(3)4)107(101-28-15-24-72)106-54-18-16-53(17-19-54)66(90)79-56(68(92)75-27-31-95-33-36-97-70-62(76-48(10)82)44(6)43(5)58(104-70)39-99-50(12)84)21-23-61(88)78-55(20-22-60(87)73-25-29-93-34-37-98-71-63(77-49(11)83)64(89)47(9)57(38-81)103-71)67(91)74-26-30-94-32-35-96-69-46(8)45(7)65(102-52(14)86)59(105-69)40-100-51(13)85/h41-47,53-59,62-65,69-71,81,89H,15-23,25-40H2,1-14H3,(H,73,87)(H,74,91)(H,75,92)(H,76,82)(H,77,83)(H,78,88)(H,79,90)/t43-,44+,45-,46?,47+,53?,54?,55?,56?,57-,58-,59-,62-,63-,64+,65-,69?,70?,71?,107?/m1/s1. The highest BCUT2D eigenvalue weighted by atomic mass is 31.2. The minimum absolute atomic E-state index is 0.00383. The number of esters is 3. The minimum atomic E-state index is -1.54. The lowest BCUT2D eigenvalue weighted by Crippen LogP contribution is -2.61. The molecule has 107 heavy (non-hydrogen) atoms. The number of nitrogens with zero attached hydrogens (tertiary/aromatic N) is 2. The molecule has 3 saturated heterocycles. The lowest BCUT2D eigenvalue weighted by atomic mass is 9.82. The number of carbonyl (C=O) groups is 10. The van der Waals surface area contributed by atoms with E-state index in [1.165, 1.54) is 34.6 Å². The molecule has 3 aliphatic heterocycles. The zero-order chi connectivity index (χ0) is 79.3. The van der Waals surface area contributed by atoms with Gasteiger partial charge in [-0.2, -0.15) is 5.26 Å². The summed E-state index contributed by atoms with van der Waals surface area (Å²) >= 11 is 0. The van der Waals surface area contributed by atoms with Gasteiger partial charge in [-0.05, 0) is 78.1 Å². The van der Waals surface area contributed by atoms with E-state index >= 15 is 0 Å². The molecule has 4 fully saturated rings. The van der Waals surface area contributed by atoms with Crippen molar-refractivity contribution in [2.75, 3.05) is 106 Å². The molecule has 0 aromatic carbocycles. The maximum atomic E-state index is 14.2. The molecule has 4 rings (SSSR count). The minimum Gasteiger partial charge on any atom is -0.463 e. The zero-order valence-corrected chi connectivity index (χ0v) is 65.7. The molecule has 7 unspecified atom stereocenters. The van der Waals surface area contributed by atoms with E-state index in [9.17, 15) is 63.4 Å². The van der Waals surface area contributed by atoms with Crippen LogP contribution >= 0.6 is 8.53 Å². The van der Waals surface area contributed by atoms with Crippen molar-refractivity contribution in [1.29, 1.82) is 5.26 Å². The van der Waals surface area contributed by atoms with Gasteiger partial charge in [0.15, 0.2) is 18.9 Å². The van der Waals surface area contributed by atoms with Crippen LogP contribution in [0.2, 0.25) is 0 Å². The Bertz CT molecular complexity index is 2780. The summed E-state index contributed by atoms with van der Waals surface area (Å²) in [6.45, 7) is 23.7. The van der Waals surface area contributed by atoms with Crippen molar-refractivity contribution in [3.63, 3.8) is 0 Å². The number of nitriles is 1. The fraction of sp³-hybridized carbons (Fsp3) is 0.845. The maximum absolute atomic E-state index is 14.2. The summed E-state index contributed by atoms with van der Waals surface area (Å²) in [4.78, 5) is 129. The van der Waals surface area contributed by atoms with Gasteiger partial charge in [-0.15, -0.1) is 0 Å². The highest BCUT2D eigenvalue weighted by molar-refractivity contribution is 7.44. The summed E-state index contributed by atoms with van der Waals surface area (Å²) in [7, 11) is -1.54. The Balaban J connectivity index is 1.43. The smallest absolute Gasteiger partial charge is 0.303 e. The molecule has 4 aliphatic rings. The molecule has 3 heterocycles. The number of carbonyl (C=O) groups excluding carboxylic acids is 10. The lowest BCUT2D eigenvalue weighted by Gasteiger charge is -2.44. The molecular formula is C71H122N9O26P. The maximum Gasteiger partial charge on any atom is 0.303 e.